The van der Waals surface area contributed by atoms with Crippen molar-refractivity contribution in [3.05, 3.63) is 94.0 Å². The maximum Gasteiger partial charge on any atom is 0.266 e. The molecule has 0 aliphatic carbocycles. The first-order valence-corrected chi connectivity index (χ1v) is 10.3. The van der Waals surface area contributed by atoms with Crippen molar-refractivity contribution >= 4 is 34.3 Å². The van der Waals surface area contributed by atoms with E-state index in [-0.39, 0.29) is 11.4 Å². The lowest BCUT2D eigenvalue weighted by molar-refractivity contribution is 0.344. The summed E-state index contributed by atoms with van der Waals surface area (Å²) in [5, 5.41) is 1.69. The number of halogens is 2. The van der Waals surface area contributed by atoms with Gasteiger partial charge in [0.15, 0.2) is 5.16 Å². The van der Waals surface area contributed by atoms with Crippen LogP contribution in [0, 0.1) is 5.82 Å². The minimum absolute atomic E-state index is 0.191. The smallest absolute Gasteiger partial charge is 0.266 e. The topological polar surface area (TPSA) is 44.1 Å². The first kappa shape index (κ1) is 19.5. The second kappa shape index (κ2) is 8.68. The Balaban J connectivity index is 1.61. The van der Waals surface area contributed by atoms with Crippen LogP contribution in [0.3, 0.4) is 0 Å². The van der Waals surface area contributed by atoms with Crippen LogP contribution >= 0.6 is 23.4 Å². The van der Waals surface area contributed by atoms with Crippen LogP contribution in [0.1, 0.15) is 0 Å². The van der Waals surface area contributed by atoms with Gasteiger partial charge in [0.2, 0.25) is 0 Å². The average molecular weight is 427 g/mol. The number of fused-ring (bicyclic) bond motifs is 1. The van der Waals surface area contributed by atoms with E-state index >= 15 is 0 Å². The van der Waals surface area contributed by atoms with E-state index in [9.17, 15) is 9.18 Å². The van der Waals surface area contributed by atoms with Gasteiger partial charge in [-0.1, -0.05) is 35.5 Å². The molecule has 0 unspecified atom stereocenters. The highest BCUT2D eigenvalue weighted by atomic mass is 35.5. The zero-order chi connectivity index (χ0) is 20.2. The Hall–Kier alpha value is -2.83. The molecule has 0 amide bonds. The Morgan fingerprint density at radius 2 is 1.72 bits per heavy atom. The molecule has 0 saturated heterocycles. The Kier molecular flexibility index (Phi) is 5.83. The molecule has 4 nitrogen and oxygen atoms in total. The predicted molar refractivity (Wildman–Crippen MR) is 115 cm³/mol. The molecule has 0 aliphatic rings. The summed E-state index contributed by atoms with van der Waals surface area (Å²) in [6.07, 6.45) is 0. The zero-order valence-corrected chi connectivity index (χ0v) is 16.8. The molecule has 1 aromatic heterocycles. The lowest BCUT2D eigenvalue weighted by Crippen LogP contribution is -2.22. The molecule has 29 heavy (non-hydrogen) atoms. The normalized spacial score (nSPS) is 11.0. The molecule has 0 atom stereocenters. The summed E-state index contributed by atoms with van der Waals surface area (Å²) in [7, 11) is 0. The standard InChI is InChI=1S/C22H16ClFN2O2S/c23-15-5-11-18(12-6-15)28-13-14-29-22-25-20-4-2-1-3-19(20)21(27)26(22)17-9-7-16(24)8-10-17/h1-12H,13-14H2. The molecular formula is C22H16ClFN2O2S. The van der Waals surface area contributed by atoms with Gasteiger partial charge >= 0.3 is 0 Å². The van der Waals surface area contributed by atoms with E-state index in [0.717, 1.165) is 5.75 Å². The van der Waals surface area contributed by atoms with Crippen LogP contribution in [-0.2, 0) is 0 Å². The van der Waals surface area contributed by atoms with Gasteiger partial charge in [-0.25, -0.2) is 9.37 Å². The molecule has 0 N–H and O–H groups in total. The van der Waals surface area contributed by atoms with Gasteiger partial charge in [0.25, 0.3) is 5.56 Å². The van der Waals surface area contributed by atoms with Crippen molar-refractivity contribution in [2.24, 2.45) is 0 Å². The number of hydrogen-bond donors (Lipinski definition) is 0. The lowest BCUT2D eigenvalue weighted by Gasteiger charge is -2.13. The Labute approximate surface area is 175 Å². The number of nitrogens with zero attached hydrogens (tertiary/aromatic N) is 2. The van der Waals surface area contributed by atoms with Crippen molar-refractivity contribution in [3.63, 3.8) is 0 Å². The molecule has 4 rings (SSSR count). The van der Waals surface area contributed by atoms with Gasteiger partial charge in [-0.05, 0) is 60.7 Å². The average Bonchev–Trinajstić information content (AvgIpc) is 2.74. The van der Waals surface area contributed by atoms with E-state index in [1.54, 1.807) is 54.6 Å². The van der Waals surface area contributed by atoms with Crippen LogP contribution in [-0.4, -0.2) is 21.9 Å². The Bertz CT molecular complexity index is 1190. The summed E-state index contributed by atoms with van der Waals surface area (Å²) in [6, 6.07) is 20.1. The van der Waals surface area contributed by atoms with Crippen LogP contribution in [0.4, 0.5) is 4.39 Å². The Morgan fingerprint density at radius 1 is 1.00 bits per heavy atom. The summed E-state index contributed by atoms with van der Waals surface area (Å²) in [5.41, 5.74) is 0.996. The molecule has 0 spiro atoms. The van der Waals surface area contributed by atoms with E-state index in [2.05, 4.69) is 4.98 Å². The molecule has 4 aromatic rings. The van der Waals surface area contributed by atoms with Crippen LogP contribution in [0.5, 0.6) is 5.75 Å². The highest BCUT2D eigenvalue weighted by Crippen LogP contribution is 2.22. The largest absolute Gasteiger partial charge is 0.493 e. The molecule has 0 bridgehead atoms. The van der Waals surface area contributed by atoms with Crippen molar-refractivity contribution < 1.29 is 9.13 Å². The maximum atomic E-state index is 13.4. The molecular weight excluding hydrogens is 411 g/mol. The van der Waals surface area contributed by atoms with Gasteiger partial charge < -0.3 is 4.74 Å². The third kappa shape index (κ3) is 4.44. The summed E-state index contributed by atoms with van der Waals surface area (Å²) in [4.78, 5) is 17.7. The summed E-state index contributed by atoms with van der Waals surface area (Å²) in [5.74, 6) is 0.938. The molecule has 1 heterocycles. The fourth-order valence-electron chi connectivity index (χ4n) is 2.85. The van der Waals surface area contributed by atoms with Gasteiger partial charge in [-0.15, -0.1) is 0 Å². The monoisotopic (exact) mass is 426 g/mol. The summed E-state index contributed by atoms with van der Waals surface area (Å²) < 4.78 is 20.6. The highest BCUT2D eigenvalue weighted by Gasteiger charge is 2.13. The summed E-state index contributed by atoms with van der Waals surface area (Å²) >= 11 is 7.28. The van der Waals surface area contributed by atoms with Crippen molar-refractivity contribution in [1.29, 1.82) is 0 Å². The Morgan fingerprint density at radius 3 is 2.48 bits per heavy atom. The van der Waals surface area contributed by atoms with Crippen molar-refractivity contribution in [2.45, 2.75) is 5.16 Å². The first-order valence-electron chi connectivity index (χ1n) is 8.91. The van der Waals surface area contributed by atoms with Gasteiger partial charge in [-0.2, -0.15) is 0 Å². The third-order valence-electron chi connectivity index (χ3n) is 4.23. The number of thioether (sulfide) groups is 1. The van der Waals surface area contributed by atoms with E-state index < -0.39 is 0 Å². The number of hydrogen-bond acceptors (Lipinski definition) is 4. The van der Waals surface area contributed by atoms with Crippen LogP contribution in [0.2, 0.25) is 5.02 Å². The highest BCUT2D eigenvalue weighted by molar-refractivity contribution is 7.99. The first-order chi connectivity index (χ1) is 14.1. The number of aromatic nitrogens is 2. The van der Waals surface area contributed by atoms with E-state index in [1.165, 1.54) is 28.5 Å². The quantitative estimate of drug-likeness (QED) is 0.237. The molecule has 7 heteroatoms. The second-order valence-corrected chi connectivity index (χ2v) is 7.68. The van der Waals surface area contributed by atoms with E-state index in [0.29, 0.717) is 39.1 Å². The molecule has 0 radical (unpaired) electrons. The number of benzene rings is 3. The number of ether oxygens (including phenoxy) is 1. The molecule has 3 aromatic carbocycles. The number of para-hydroxylation sites is 1. The molecule has 146 valence electrons. The van der Waals surface area contributed by atoms with Gasteiger partial charge in [0.1, 0.15) is 11.6 Å². The third-order valence-corrected chi connectivity index (χ3v) is 5.38. The van der Waals surface area contributed by atoms with Crippen molar-refractivity contribution in [1.82, 2.24) is 9.55 Å². The van der Waals surface area contributed by atoms with Crippen LogP contribution in [0.15, 0.2) is 82.7 Å². The maximum absolute atomic E-state index is 13.4. The predicted octanol–water partition coefficient (Wildman–Crippen LogP) is 5.35. The molecule has 0 fully saturated rings. The minimum Gasteiger partial charge on any atom is -0.493 e. The van der Waals surface area contributed by atoms with Crippen LogP contribution in [0.25, 0.3) is 16.6 Å². The van der Waals surface area contributed by atoms with Crippen molar-refractivity contribution in [3.8, 4) is 11.4 Å². The molecule has 0 aliphatic heterocycles. The van der Waals surface area contributed by atoms with Gasteiger partial charge in [-0.3, -0.25) is 9.36 Å². The minimum atomic E-state index is -0.360. The van der Waals surface area contributed by atoms with Gasteiger partial charge in [0, 0.05) is 10.8 Å². The molecule has 0 saturated carbocycles. The van der Waals surface area contributed by atoms with Gasteiger partial charge in [0.05, 0.1) is 23.2 Å². The van der Waals surface area contributed by atoms with Crippen LogP contribution < -0.4 is 10.3 Å². The second-order valence-electron chi connectivity index (χ2n) is 6.18. The van der Waals surface area contributed by atoms with E-state index in [4.69, 9.17) is 16.3 Å². The fraction of sp³-hybridized carbons (Fsp3) is 0.0909. The number of rotatable bonds is 6. The fourth-order valence-corrected chi connectivity index (χ4v) is 3.81. The summed E-state index contributed by atoms with van der Waals surface area (Å²) in [6.45, 7) is 0.429. The SMILES string of the molecule is O=c1c2ccccc2nc(SCCOc2ccc(Cl)cc2)n1-c1ccc(F)cc1. The van der Waals surface area contributed by atoms with E-state index in [1.807, 2.05) is 6.07 Å². The lowest BCUT2D eigenvalue weighted by atomic mass is 10.2. The zero-order valence-electron chi connectivity index (χ0n) is 15.2. The van der Waals surface area contributed by atoms with Crippen molar-refractivity contribution in [2.75, 3.05) is 12.4 Å².